The molecular formula is C17H16FNO2S. The first kappa shape index (κ1) is 14.8. The fourth-order valence-electron chi connectivity index (χ4n) is 2.26. The zero-order valence-electron chi connectivity index (χ0n) is 12.6. The van der Waals surface area contributed by atoms with Crippen LogP contribution in [0.5, 0.6) is 0 Å². The predicted octanol–water partition coefficient (Wildman–Crippen LogP) is 5.29. The number of benzene rings is 1. The Labute approximate surface area is 131 Å². The first-order chi connectivity index (χ1) is 10.3. The highest BCUT2D eigenvalue weighted by Crippen LogP contribution is 2.32. The van der Waals surface area contributed by atoms with Gasteiger partial charge < -0.3 is 4.74 Å². The van der Waals surface area contributed by atoms with Gasteiger partial charge in [-0.05, 0) is 68.1 Å². The maximum Gasteiger partial charge on any atom is 0.419 e. The Morgan fingerprint density at radius 3 is 2.50 bits per heavy atom. The van der Waals surface area contributed by atoms with Crippen molar-refractivity contribution in [3.8, 4) is 11.3 Å². The number of carbonyl (C=O) groups excluding carboxylic acids is 1. The molecule has 3 rings (SSSR count). The predicted molar refractivity (Wildman–Crippen MR) is 86.8 cm³/mol. The smallest absolute Gasteiger partial charge is 0.419 e. The molecule has 22 heavy (non-hydrogen) atoms. The molecule has 0 saturated carbocycles. The van der Waals surface area contributed by atoms with E-state index in [1.165, 1.54) is 12.1 Å². The monoisotopic (exact) mass is 317 g/mol. The van der Waals surface area contributed by atoms with Crippen molar-refractivity contribution in [1.82, 2.24) is 4.57 Å². The van der Waals surface area contributed by atoms with E-state index in [2.05, 4.69) is 0 Å². The summed E-state index contributed by atoms with van der Waals surface area (Å²) < 4.78 is 21.2. The number of thiophene rings is 1. The van der Waals surface area contributed by atoms with E-state index in [-0.39, 0.29) is 5.82 Å². The SMILES string of the molecule is CC(C)(C)OC(=O)n1c(-c2ccc(F)cc2)cc2sccc21. The Hall–Kier alpha value is -2.14. The van der Waals surface area contributed by atoms with Crippen LogP contribution >= 0.6 is 11.3 Å². The number of fused-ring (bicyclic) bond motifs is 1. The maximum absolute atomic E-state index is 13.1. The average Bonchev–Trinajstić information content (AvgIpc) is 2.97. The fourth-order valence-corrected chi connectivity index (χ4v) is 3.07. The van der Waals surface area contributed by atoms with Gasteiger partial charge in [0.05, 0.1) is 15.9 Å². The molecule has 3 aromatic rings. The van der Waals surface area contributed by atoms with Crippen LogP contribution < -0.4 is 0 Å². The van der Waals surface area contributed by atoms with Gasteiger partial charge in [-0.3, -0.25) is 0 Å². The normalized spacial score (nSPS) is 11.8. The van der Waals surface area contributed by atoms with Gasteiger partial charge >= 0.3 is 6.09 Å². The van der Waals surface area contributed by atoms with E-state index < -0.39 is 11.7 Å². The van der Waals surface area contributed by atoms with Crippen molar-refractivity contribution in [2.75, 3.05) is 0 Å². The first-order valence-electron chi connectivity index (χ1n) is 6.93. The van der Waals surface area contributed by atoms with Gasteiger partial charge in [0, 0.05) is 0 Å². The number of aromatic nitrogens is 1. The van der Waals surface area contributed by atoms with Crippen LogP contribution in [-0.4, -0.2) is 16.3 Å². The quantitative estimate of drug-likeness (QED) is 0.610. The topological polar surface area (TPSA) is 31.2 Å². The molecule has 0 bridgehead atoms. The van der Waals surface area contributed by atoms with Crippen LogP contribution in [0.15, 0.2) is 41.8 Å². The molecule has 0 saturated heterocycles. The molecule has 0 aliphatic rings. The average molecular weight is 317 g/mol. The molecule has 0 atom stereocenters. The summed E-state index contributed by atoms with van der Waals surface area (Å²) in [5.74, 6) is -0.305. The van der Waals surface area contributed by atoms with Gasteiger partial charge in [-0.2, -0.15) is 0 Å². The summed E-state index contributed by atoms with van der Waals surface area (Å²) in [6.45, 7) is 5.49. The second-order valence-electron chi connectivity index (χ2n) is 6.02. The number of carbonyl (C=O) groups is 1. The zero-order chi connectivity index (χ0) is 15.9. The molecule has 1 aromatic carbocycles. The molecule has 0 unspecified atom stereocenters. The van der Waals surface area contributed by atoms with E-state index in [0.29, 0.717) is 5.69 Å². The van der Waals surface area contributed by atoms with Gasteiger partial charge in [-0.25, -0.2) is 13.8 Å². The first-order valence-corrected chi connectivity index (χ1v) is 7.81. The van der Waals surface area contributed by atoms with Gasteiger partial charge in [-0.1, -0.05) is 0 Å². The minimum Gasteiger partial charge on any atom is -0.443 e. The second kappa shape index (κ2) is 5.25. The highest BCUT2D eigenvalue weighted by atomic mass is 32.1. The fraction of sp³-hybridized carbons (Fsp3) is 0.235. The minimum absolute atomic E-state index is 0.305. The number of hydrogen-bond acceptors (Lipinski definition) is 3. The van der Waals surface area contributed by atoms with Gasteiger partial charge in [0.2, 0.25) is 0 Å². The van der Waals surface area contributed by atoms with Crippen molar-refractivity contribution in [1.29, 1.82) is 0 Å². The van der Waals surface area contributed by atoms with Crippen molar-refractivity contribution in [2.45, 2.75) is 26.4 Å². The van der Waals surface area contributed by atoms with E-state index in [0.717, 1.165) is 15.8 Å². The van der Waals surface area contributed by atoms with Gasteiger partial charge in [0.25, 0.3) is 0 Å². The largest absolute Gasteiger partial charge is 0.443 e. The lowest BCUT2D eigenvalue weighted by Gasteiger charge is -2.20. The third-order valence-corrected chi connectivity index (χ3v) is 3.99. The molecule has 0 amide bonds. The van der Waals surface area contributed by atoms with E-state index in [1.54, 1.807) is 28.0 Å². The molecule has 2 heterocycles. The summed E-state index contributed by atoms with van der Waals surface area (Å²) in [5.41, 5.74) is 1.70. The summed E-state index contributed by atoms with van der Waals surface area (Å²) in [7, 11) is 0. The Morgan fingerprint density at radius 1 is 1.18 bits per heavy atom. The van der Waals surface area contributed by atoms with Crippen LogP contribution in [0.1, 0.15) is 20.8 Å². The molecule has 0 spiro atoms. The maximum atomic E-state index is 13.1. The summed E-state index contributed by atoms with van der Waals surface area (Å²) in [4.78, 5) is 12.6. The number of nitrogens with zero attached hydrogens (tertiary/aromatic N) is 1. The van der Waals surface area contributed by atoms with Crippen LogP contribution in [-0.2, 0) is 4.74 Å². The van der Waals surface area contributed by atoms with Gasteiger partial charge in [-0.15, -0.1) is 11.3 Å². The standard InChI is InChI=1S/C17H16FNO2S/c1-17(2,3)21-16(20)19-13-8-9-22-15(13)10-14(19)11-4-6-12(18)7-5-11/h4-10H,1-3H3. The highest BCUT2D eigenvalue weighted by molar-refractivity contribution is 7.17. The third-order valence-electron chi connectivity index (χ3n) is 3.14. The summed E-state index contributed by atoms with van der Waals surface area (Å²) >= 11 is 1.55. The molecule has 0 N–H and O–H groups in total. The molecule has 2 aromatic heterocycles. The van der Waals surface area contributed by atoms with E-state index in [1.807, 2.05) is 38.3 Å². The van der Waals surface area contributed by atoms with Crippen LogP contribution in [0.25, 0.3) is 21.5 Å². The number of halogens is 1. The van der Waals surface area contributed by atoms with E-state index in [9.17, 15) is 9.18 Å². The molecule has 0 radical (unpaired) electrons. The van der Waals surface area contributed by atoms with Crippen molar-refractivity contribution in [3.05, 3.63) is 47.6 Å². The lowest BCUT2D eigenvalue weighted by atomic mass is 10.1. The minimum atomic E-state index is -0.580. The number of rotatable bonds is 1. The van der Waals surface area contributed by atoms with Crippen molar-refractivity contribution in [2.24, 2.45) is 0 Å². The summed E-state index contributed by atoms with van der Waals surface area (Å²) in [6.07, 6.45) is -0.430. The van der Waals surface area contributed by atoms with Crippen molar-refractivity contribution in [3.63, 3.8) is 0 Å². The van der Waals surface area contributed by atoms with Crippen molar-refractivity contribution >= 4 is 27.6 Å². The van der Waals surface area contributed by atoms with Crippen molar-refractivity contribution < 1.29 is 13.9 Å². The summed E-state index contributed by atoms with van der Waals surface area (Å²) in [5, 5.41) is 1.93. The molecule has 114 valence electrons. The van der Waals surface area contributed by atoms with E-state index in [4.69, 9.17) is 4.74 Å². The Kier molecular flexibility index (Phi) is 3.53. The van der Waals surface area contributed by atoms with Gasteiger partial charge in [0.1, 0.15) is 11.4 Å². The lowest BCUT2D eigenvalue weighted by Crippen LogP contribution is -2.27. The zero-order valence-corrected chi connectivity index (χ0v) is 13.4. The van der Waals surface area contributed by atoms with Crippen LogP contribution in [0.3, 0.4) is 0 Å². The molecule has 5 heteroatoms. The van der Waals surface area contributed by atoms with E-state index >= 15 is 0 Å². The second-order valence-corrected chi connectivity index (χ2v) is 6.97. The van der Waals surface area contributed by atoms with Crippen LogP contribution in [0.4, 0.5) is 9.18 Å². The molecule has 0 aliphatic heterocycles. The molecule has 0 fully saturated rings. The lowest BCUT2D eigenvalue weighted by molar-refractivity contribution is 0.0547. The Balaban J connectivity index is 2.14. The number of ether oxygens (including phenoxy) is 1. The van der Waals surface area contributed by atoms with Crippen LogP contribution in [0.2, 0.25) is 0 Å². The summed E-state index contributed by atoms with van der Waals surface area (Å²) in [6, 6.07) is 9.91. The molecule has 0 aliphatic carbocycles. The number of hydrogen-bond donors (Lipinski definition) is 0. The third kappa shape index (κ3) is 2.76. The molecule has 3 nitrogen and oxygen atoms in total. The van der Waals surface area contributed by atoms with Crippen LogP contribution in [0, 0.1) is 5.82 Å². The highest BCUT2D eigenvalue weighted by Gasteiger charge is 2.23. The molecular weight excluding hydrogens is 301 g/mol. The van der Waals surface area contributed by atoms with Gasteiger partial charge in [0.15, 0.2) is 0 Å². The Bertz CT molecular complexity index is 825. The Morgan fingerprint density at radius 2 is 1.86 bits per heavy atom.